The van der Waals surface area contributed by atoms with Gasteiger partial charge in [-0.15, -0.1) is 0 Å². The van der Waals surface area contributed by atoms with Crippen LogP contribution >= 0.6 is 11.5 Å². The van der Waals surface area contributed by atoms with Gasteiger partial charge >= 0.3 is 0 Å². The smallest absolute Gasteiger partial charge is 0.205 e. The highest BCUT2D eigenvalue weighted by molar-refractivity contribution is 7.09. The first-order chi connectivity index (χ1) is 8.29. The lowest BCUT2D eigenvalue weighted by atomic mass is 9.97. The Morgan fingerprint density at radius 3 is 2.88 bits per heavy atom. The van der Waals surface area contributed by atoms with Crippen molar-refractivity contribution >= 4 is 16.7 Å². The lowest BCUT2D eigenvalue weighted by molar-refractivity contribution is 0.400. The maximum atomic E-state index is 5.89. The average molecular weight is 252 g/mol. The zero-order chi connectivity index (χ0) is 11.8. The van der Waals surface area contributed by atoms with E-state index in [1.54, 1.807) is 11.5 Å². The van der Waals surface area contributed by atoms with E-state index in [1.165, 1.54) is 32.1 Å². The molecule has 0 amide bonds. The molecule has 0 spiro atoms. The van der Waals surface area contributed by atoms with E-state index in [0.29, 0.717) is 18.0 Å². The van der Waals surface area contributed by atoms with Crippen LogP contribution in [0.15, 0.2) is 0 Å². The molecule has 2 fully saturated rings. The van der Waals surface area contributed by atoms with Crippen LogP contribution in [-0.4, -0.2) is 28.0 Å². The number of aromatic nitrogens is 2. The molecule has 1 saturated heterocycles. The largest absolute Gasteiger partial charge is 0.340 e. The Morgan fingerprint density at radius 1 is 1.35 bits per heavy atom. The number of piperidine rings is 1. The number of hydrogen-bond donors (Lipinski definition) is 1. The summed E-state index contributed by atoms with van der Waals surface area (Å²) in [7, 11) is 0. The zero-order valence-corrected chi connectivity index (χ0v) is 11.1. The fourth-order valence-corrected chi connectivity index (χ4v) is 3.62. The molecule has 2 aliphatic rings. The van der Waals surface area contributed by atoms with Gasteiger partial charge in [-0.2, -0.15) is 4.37 Å². The van der Waals surface area contributed by atoms with Gasteiger partial charge in [0.1, 0.15) is 5.82 Å². The monoisotopic (exact) mass is 252 g/mol. The maximum absolute atomic E-state index is 5.89. The van der Waals surface area contributed by atoms with E-state index in [2.05, 4.69) is 16.2 Å². The predicted molar refractivity (Wildman–Crippen MR) is 70.5 cm³/mol. The van der Waals surface area contributed by atoms with Gasteiger partial charge in [-0.25, -0.2) is 4.98 Å². The molecule has 1 aromatic heterocycles. The summed E-state index contributed by atoms with van der Waals surface area (Å²) in [6, 6.07) is 1.01. The summed E-state index contributed by atoms with van der Waals surface area (Å²) in [6.07, 6.45) is 6.26. The number of anilines is 1. The molecule has 1 aliphatic carbocycles. The highest BCUT2D eigenvalue weighted by Gasteiger charge is 2.32. The van der Waals surface area contributed by atoms with Crippen molar-refractivity contribution in [3.63, 3.8) is 0 Å². The molecule has 0 radical (unpaired) electrons. The fraction of sp³-hybridized carbons (Fsp3) is 0.833. The van der Waals surface area contributed by atoms with Crippen LogP contribution in [0.4, 0.5) is 5.13 Å². The Labute approximate surface area is 106 Å². The van der Waals surface area contributed by atoms with Crippen molar-refractivity contribution in [3.05, 3.63) is 5.82 Å². The van der Waals surface area contributed by atoms with Crippen LogP contribution in [0.2, 0.25) is 0 Å². The molecular weight excluding hydrogens is 232 g/mol. The minimum absolute atomic E-state index is 0.457. The second-order valence-electron chi connectivity index (χ2n) is 5.29. The van der Waals surface area contributed by atoms with Crippen LogP contribution in [0.1, 0.15) is 50.8 Å². The van der Waals surface area contributed by atoms with Gasteiger partial charge in [-0.3, -0.25) is 0 Å². The molecule has 1 aromatic rings. The van der Waals surface area contributed by atoms with Gasteiger partial charge in [0.05, 0.1) is 0 Å². The summed E-state index contributed by atoms with van der Waals surface area (Å²) >= 11 is 1.56. The van der Waals surface area contributed by atoms with Crippen molar-refractivity contribution in [1.29, 1.82) is 0 Å². The first-order valence-electron chi connectivity index (χ1n) is 6.61. The van der Waals surface area contributed by atoms with E-state index in [-0.39, 0.29) is 0 Å². The quantitative estimate of drug-likeness (QED) is 0.895. The van der Waals surface area contributed by atoms with E-state index in [1.807, 2.05) is 0 Å². The number of nitrogens with two attached hydrogens (primary N) is 1. The fourth-order valence-electron chi connectivity index (χ4n) is 2.70. The van der Waals surface area contributed by atoms with Crippen molar-refractivity contribution in [2.24, 2.45) is 5.73 Å². The lowest BCUT2D eigenvalue weighted by Gasteiger charge is -2.39. The third kappa shape index (κ3) is 2.18. The molecule has 2 unspecified atom stereocenters. The summed E-state index contributed by atoms with van der Waals surface area (Å²) in [5, 5.41) is 1.09. The summed E-state index contributed by atoms with van der Waals surface area (Å²) in [5.74, 6) is 1.72. The molecule has 5 heteroatoms. The standard InChI is InChI=1S/C12H20N4S/c1-8-3-2-4-10(7-13)16(8)12-14-11(15-17-12)9-5-6-9/h8-10H,2-7,13H2,1H3. The molecule has 4 nitrogen and oxygen atoms in total. The van der Waals surface area contributed by atoms with Gasteiger partial charge in [0.2, 0.25) is 5.13 Å². The van der Waals surface area contributed by atoms with Crippen molar-refractivity contribution < 1.29 is 0 Å². The number of hydrogen-bond acceptors (Lipinski definition) is 5. The lowest BCUT2D eigenvalue weighted by Crippen LogP contribution is -2.49. The molecule has 0 bridgehead atoms. The SMILES string of the molecule is CC1CCCC(CN)N1c1nc(C2CC2)ns1. The second-order valence-corrected chi connectivity index (χ2v) is 6.02. The zero-order valence-electron chi connectivity index (χ0n) is 10.3. The van der Waals surface area contributed by atoms with Gasteiger partial charge in [0, 0.05) is 36.1 Å². The Bertz CT molecular complexity index is 388. The molecule has 0 aromatic carbocycles. The molecule has 1 saturated carbocycles. The van der Waals surface area contributed by atoms with E-state index in [4.69, 9.17) is 10.7 Å². The van der Waals surface area contributed by atoms with Gasteiger partial charge in [0.15, 0.2) is 0 Å². The van der Waals surface area contributed by atoms with E-state index < -0.39 is 0 Å². The minimum atomic E-state index is 0.457. The summed E-state index contributed by atoms with van der Waals surface area (Å²) in [5.41, 5.74) is 5.89. The molecule has 1 aliphatic heterocycles. The number of rotatable bonds is 3. The molecular formula is C12H20N4S. The van der Waals surface area contributed by atoms with Gasteiger partial charge in [-0.05, 0) is 39.0 Å². The van der Waals surface area contributed by atoms with Crippen molar-refractivity contribution in [2.45, 2.75) is 57.0 Å². The second kappa shape index (κ2) is 4.53. The third-order valence-electron chi connectivity index (χ3n) is 3.89. The normalized spacial score (nSPS) is 29.6. The van der Waals surface area contributed by atoms with Crippen LogP contribution < -0.4 is 10.6 Å². The first kappa shape index (κ1) is 11.4. The first-order valence-corrected chi connectivity index (χ1v) is 7.39. The summed E-state index contributed by atoms with van der Waals surface area (Å²) < 4.78 is 4.50. The molecule has 2 heterocycles. The van der Waals surface area contributed by atoms with E-state index in [9.17, 15) is 0 Å². The Balaban J connectivity index is 1.82. The highest BCUT2D eigenvalue weighted by Crippen LogP contribution is 2.40. The van der Waals surface area contributed by atoms with Crippen LogP contribution in [0.5, 0.6) is 0 Å². The van der Waals surface area contributed by atoms with E-state index >= 15 is 0 Å². The number of nitrogens with zero attached hydrogens (tertiary/aromatic N) is 3. The van der Waals surface area contributed by atoms with Crippen molar-refractivity contribution in [1.82, 2.24) is 9.36 Å². The molecule has 17 heavy (non-hydrogen) atoms. The van der Waals surface area contributed by atoms with Crippen LogP contribution in [-0.2, 0) is 0 Å². The summed E-state index contributed by atoms with van der Waals surface area (Å²) in [4.78, 5) is 7.13. The van der Waals surface area contributed by atoms with E-state index in [0.717, 1.165) is 17.5 Å². The van der Waals surface area contributed by atoms with Crippen molar-refractivity contribution in [3.8, 4) is 0 Å². The molecule has 3 rings (SSSR count). The van der Waals surface area contributed by atoms with Crippen molar-refractivity contribution in [2.75, 3.05) is 11.4 Å². The third-order valence-corrected chi connectivity index (χ3v) is 4.64. The van der Waals surface area contributed by atoms with Crippen LogP contribution in [0.25, 0.3) is 0 Å². The predicted octanol–water partition coefficient (Wildman–Crippen LogP) is 2.12. The maximum Gasteiger partial charge on any atom is 0.205 e. The molecule has 2 atom stereocenters. The highest BCUT2D eigenvalue weighted by atomic mass is 32.1. The van der Waals surface area contributed by atoms with Gasteiger partial charge in [-0.1, -0.05) is 0 Å². The molecule has 94 valence electrons. The topological polar surface area (TPSA) is 55.0 Å². The average Bonchev–Trinajstić information content (AvgIpc) is 3.08. The van der Waals surface area contributed by atoms with Crippen LogP contribution in [0.3, 0.4) is 0 Å². The van der Waals surface area contributed by atoms with Crippen LogP contribution in [0, 0.1) is 0 Å². The Hall–Kier alpha value is -0.680. The van der Waals surface area contributed by atoms with Gasteiger partial charge < -0.3 is 10.6 Å². The summed E-state index contributed by atoms with van der Waals surface area (Å²) in [6.45, 7) is 3.00. The minimum Gasteiger partial charge on any atom is -0.340 e. The molecule has 2 N–H and O–H groups in total. The Kier molecular flexibility index (Phi) is 3.04. The Morgan fingerprint density at radius 2 is 2.18 bits per heavy atom. The van der Waals surface area contributed by atoms with Gasteiger partial charge in [0.25, 0.3) is 0 Å².